The summed E-state index contributed by atoms with van der Waals surface area (Å²) in [6.45, 7) is 9.78. The smallest absolute Gasteiger partial charge is 0.131 e. The van der Waals surface area contributed by atoms with Gasteiger partial charge in [-0.1, -0.05) is 20.8 Å². The summed E-state index contributed by atoms with van der Waals surface area (Å²) in [6.07, 6.45) is 4.52. The van der Waals surface area contributed by atoms with E-state index in [0.717, 1.165) is 37.8 Å². The lowest BCUT2D eigenvalue weighted by Gasteiger charge is -2.26. The highest BCUT2D eigenvalue weighted by Crippen LogP contribution is 2.33. The number of nitrogens with zero attached hydrogens (tertiary/aromatic N) is 3. The zero-order valence-electron chi connectivity index (χ0n) is 13.7. The van der Waals surface area contributed by atoms with Crippen molar-refractivity contribution in [1.29, 1.82) is 0 Å². The highest BCUT2D eigenvalue weighted by Gasteiger charge is 2.31. The third-order valence-electron chi connectivity index (χ3n) is 3.76. The summed E-state index contributed by atoms with van der Waals surface area (Å²) in [4.78, 5) is 11.8. The largest absolute Gasteiger partial charge is 0.383 e. The Bertz CT molecular complexity index is 446. The molecule has 1 heterocycles. The van der Waals surface area contributed by atoms with E-state index in [1.54, 1.807) is 7.11 Å². The van der Waals surface area contributed by atoms with Gasteiger partial charge in [-0.2, -0.15) is 0 Å². The molecule has 0 radical (unpaired) electrons. The van der Waals surface area contributed by atoms with Gasteiger partial charge in [0.1, 0.15) is 5.82 Å². The molecule has 1 aromatic heterocycles. The molecule has 1 N–H and O–H groups in total. The number of methoxy groups -OCH3 is 1. The highest BCUT2D eigenvalue weighted by atomic mass is 16.5. The molecule has 0 atom stereocenters. The quantitative estimate of drug-likeness (QED) is 0.757. The first-order valence-corrected chi connectivity index (χ1v) is 7.99. The molecule has 5 heteroatoms. The monoisotopic (exact) mass is 292 g/mol. The summed E-state index contributed by atoms with van der Waals surface area (Å²) in [5, 5.41) is 3.39. The predicted molar refractivity (Wildman–Crippen MR) is 85.7 cm³/mol. The van der Waals surface area contributed by atoms with Crippen molar-refractivity contribution in [2.24, 2.45) is 0 Å². The molecule has 0 unspecified atom stereocenters. The van der Waals surface area contributed by atoms with Crippen LogP contribution in [0.15, 0.2) is 6.20 Å². The molecule has 0 bridgehead atoms. The second-order valence-electron chi connectivity index (χ2n) is 5.91. The minimum atomic E-state index is 0.354. The van der Waals surface area contributed by atoms with Crippen molar-refractivity contribution in [3.05, 3.63) is 17.7 Å². The van der Waals surface area contributed by atoms with Crippen LogP contribution in [0.25, 0.3) is 0 Å². The summed E-state index contributed by atoms with van der Waals surface area (Å²) >= 11 is 0. The van der Waals surface area contributed by atoms with Crippen LogP contribution in [0.5, 0.6) is 0 Å². The topological polar surface area (TPSA) is 50.3 Å². The average Bonchev–Trinajstić information content (AvgIpc) is 3.30. The van der Waals surface area contributed by atoms with Gasteiger partial charge >= 0.3 is 0 Å². The minimum Gasteiger partial charge on any atom is -0.383 e. The molecule has 2 rings (SSSR count). The number of rotatable bonds is 9. The van der Waals surface area contributed by atoms with E-state index in [-0.39, 0.29) is 0 Å². The molecule has 118 valence electrons. The Morgan fingerprint density at radius 2 is 2.19 bits per heavy atom. The van der Waals surface area contributed by atoms with Gasteiger partial charge in [0.05, 0.1) is 24.2 Å². The molecule has 0 aliphatic heterocycles. The molecule has 1 fully saturated rings. The summed E-state index contributed by atoms with van der Waals surface area (Å²) in [5.74, 6) is 1.28. The molecule has 0 amide bonds. The zero-order valence-corrected chi connectivity index (χ0v) is 13.7. The van der Waals surface area contributed by atoms with Gasteiger partial charge in [0.15, 0.2) is 0 Å². The first-order valence-electron chi connectivity index (χ1n) is 7.99. The molecular weight excluding hydrogens is 264 g/mol. The van der Waals surface area contributed by atoms with Crippen molar-refractivity contribution in [2.45, 2.75) is 52.1 Å². The Morgan fingerprint density at radius 1 is 1.43 bits per heavy atom. The van der Waals surface area contributed by atoms with Crippen LogP contribution >= 0.6 is 0 Å². The Hall–Kier alpha value is -1.20. The van der Waals surface area contributed by atoms with Crippen molar-refractivity contribution >= 4 is 5.69 Å². The highest BCUT2D eigenvalue weighted by molar-refractivity contribution is 5.51. The van der Waals surface area contributed by atoms with Gasteiger partial charge in [0.2, 0.25) is 0 Å². The lowest BCUT2D eigenvalue weighted by molar-refractivity contribution is 0.205. The van der Waals surface area contributed by atoms with Crippen LogP contribution < -0.4 is 10.2 Å². The average molecular weight is 292 g/mol. The van der Waals surface area contributed by atoms with Crippen LogP contribution in [0, 0.1) is 0 Å². The molecule has 1 aliphatic carbocycles. The van der Waals surface area contributed by atoms with Crippen LogP contribution in [0.3, 0.4) is 0 Å². The van der Waals surface area contributed by atoms with Crippen LogP contribution in [0.4, 0.5) is 5.69 Å². The molecule has 21 heavy (non-hydrogen) atoms. The van der Waals surface area contributed by atoms with Gasteiger partial charge in [-0.3, -0.25) is 0 Å². The molecule has 1 aliphatic rings. The molecule has 1 saturated carbocycles. The van der Waals surface area contributed by atoms with Gasteiger partial charge in [-0.15, -0.1) is 0 Å². The third kappa shape index (κ3) is 4.38. The van der Waals surface area contributed by atoms with E-state index in [4.69, 9.17) is 9.72 Å². The van der Waals surface area contributed by atoms with Crippen LogP contribution in [-0.4, -0.2) is 42.8 Å². The fourth-order valence-corrected chi connectivity index (χ4v) is 2.39. The van der Waals surface area contributed by atoms with E-state index in [2.05, 4.69) is 36.0 Å². The SMILES string of the molecule is CCNCc1nc(C(C)C)ncc1N(CCOC)C1CC1. The number of aromatic nitrogens is 2. The third-order valence-corrected chi connectivity index (χ3v) is 3.76. The maximum Gasteiger partial charge on any atom is 0.131 e. The molecule has 5 nitrogen and oxygen atoms in total. The lowest BCUT2D eigenvalue weighted by Crippen LogP contribution is -2.32. The first-order chi connectivity index (χ1) is 10.2. The molecule has 0 spiro atoms. The Morgan fingerprint density at radius 3 is 2.76 bits per heavy atom. The van der Waals surface area contributed by atoms with Gasteiger partial charge in [-0.25, -0.2) is 9.97 Å². The predicted octanol–water partition coefficient (Wildman–Crippen LogP) is 2.32. The summed E-state index contributed by atoms with van der Waals surface area (Å²) < 4.78 is 5.26. The standard InChI is InChI=1S/C16H28N4O/c1-5-17-10-14-15(11-18-16(19-14)12(2)3)20(8-9-21-4)13-6-7-13/h11-13,17H,5-10H2,1-4H3. The normalized spacial score (nSPS) is 14.7. The fraction of sp³-hybridized carbons (Fsp3) is 0.750. The maximum atomic E-state index is 5.26. The van der Waals surface area contributed by atoms with Crippen LogP contribution in [0.1, 0.15) is 51.0 Å². The van der Waals surface area contributed by atoms with E-state index in [1.165, 1.54) is 18.5 Å². The lowest BCUT2D eigenvalue weighted by atomic mass is 10.2. The summed E-state index contributed by atoms with van der Waals surface area (Å²) in [5.41, 5.74) is 2.28. The molecule has 0 saturated heterocycles. The van der Waals surface area contributed by atoms with E-state index >= 15 is 0 Å². The molecule has 1 aromatic rings. The van der Waals surface area contributed by atoms with Gasteiger partial charge < -0.3 is 15.0 Å². The Balaban J connectivity index is 2.25. The van der Waals surface area contributed by atoms with Crippen molar-refractivity contribution in [3.63, 3.8) is 0 Å². The number of anilines is 1. The van der Waals surface area contributed by atoms with Crippen molar-refractivity contribution < 1.29 is 4.74 Å². The number of hydrogen-bond donors (Lipinski definition) is 1. The summed E-state index contributed by atoms with van der Waals surface area (Å²) in [7, 11) is 1.75. The minimum absolute atomic E-state index is 0.354. The van der Waals surface area contributed by atoms with E-state index in [0.29, 0.717) is 12.0 Å². The molecular formula is C16H28N4O. The van der Waals surface area contributed by atoms with E-state index < -0.39 is 0 Å². The van der Waals surface area contributed by atoms with Gasteiger partial charge in [0, 0.05) is 32.2 Å². The second-order valence-corrected chi connectivity index (χ2v) is 5.91. The fourth-order valence-electron chi connectivity index (χ4n) is 2.39. The van der Waals surface area contributed by atoms with Crippen LogP contribution in [-0.2, 0) is 11.3 Å². The van der Waals surface area contributed by atoms with Crippen molar-refractivity contribution in [1.82, 2.24) is 15.3 Å². The zero-order chi connectivity index (χ0) is 15.2. The van der Waals surface area contributed by atoms with Crippen LogP contribution in [0.2, 0.25) is 0 Å². The second kappa shape index (κ2) is 7.71. The number of nitrogens with one attached hydrogen (secondary N) is 1. The Kier molecular flexibility index (Phi) is 5.94. The van der Waals surface area contributed by atoms with Gasteiger partial charge in [-0.05, 0) is 19.4 Å². The first kappa shape index (κ1) is 16.2. The summed E-state index contributed by atoms with van der Waals surface area (Å²) in [6, 6.07) is 0.633. The van der Waals surface area contributed by atoms with Gasteiger partial charge in [0.25, 0.3) is 0 Å². The van der Waals surface area contributed by atoms with Crippen molar-refractivity contribution in [3.8, 4) is 0 Å². The van der Waals surface area contributed by atoms with Crippen molar-refractivity contribution in [2.75, 3.05) is 31.7 Å². The van der Waals surface area contributed by atoms with E-state index in [1.807, 2.05) is 6.20 Å². The van der Waals surface area contributed by atoms with E-state index in [9.17, 15) is 0 Å². The maximum absolute atomic E-state index is 5.26. The number of ether oxygens (including phenoxy) is 1. The molecule has 0 aromatic carbocycles. The Labute approximate surface area is 128 Å². The number of hydrogen-bond acceptors (Lipinski definition) is 5.